The zero-order chi connectivity index (χ0) is 18.5. The molecule has 0 aliphatic rings. The predicted octanol–water partition coefficient (Wildman–Crippen LogP) is 3.19. The minimum Gasteiger partial charge on any atom is -0.496 e. The Morgan fingerprint density at radius 3 is 2.35 bits per heavy atom. The van der Waals surface area contributed by atoms with Gasteiger partial charge in [0.05, 0.1) is 26.8 Å². The number of hydrogen-bond donors (Lipinski definition) is 1. The Bertz CT molecular complexity index is 940. The van der Waals surface area contributed by atoms with Gasteiger partial charge in [0, 0.05) is 23.6 Å². The van der Waals surface area contributed by atoms with Gasteiger partial charge in [-0.2, -0.15) is 0 Å². The van der Waals surface area contributed by atoms with Gasteiger partial charge in [-0.3, -0.25) is 4.79 Å². The van der Waals surface area contributed by atoms with E-state index in [-0.39, 0.29) is 12.5 Å². The van der Waals surface area contributed by atoms with E-state index in [0.717, 1.165) is 16.5 Å². The standard InChI is InChI=1S/C20H20N2O4/c1-24-17-11-19(26-3)18(25-2)10-14(17)12-21-20(23)16-9-8-13-6-4-5-7-15(13)22-16/h4-11H,12H2,1-3H3,(H,21,23). The molecule has 0 radical (unpaired) electrons. The summed E-state index contributed by atoms with van der Waals surface area (Å²) in [6, 6.07) is 14.8. The second kappa shape index (κ2) is 7.74. The van der Waals surface area contributed by atoms with Gasteiger partial charge in [-0.25, -0.2) is 4.98 Å². The average Bonchev–Trinajstić information content (AvgIpc) is 2.70. The zero-order valence-corrected chi connectivity index (χ0v) is 14.9. The summed E-state index contributed by atoms with van der Waals surface area (Å²) in [7, 11) is 4.69. The summed E-state index contributed by atoms with van der Waals surface area (Å²) >= 11 is 0. The van der Waals surface area contributed by atoms with E-state index >= 15 is 0 Å². The molecule has 1 N–H and O–H groups in total. The third kappa shape index (κ3) is 3.54. The third-order valence-corrected chi connectivity index (χ3v) is 4.06. The maximum Gasteiger partial charge on any atom is 0.270 e. The molecular formula is C20H20N2O4. The Hall–Kier alpha value is -3.28. The van der Waals surface area contributed by atoms with Gasteiger partial charge < -0.3 is 19.5 Å². The molecule has 1 heterocycles. The van der Waals surface area contributed by atoms with Crippen LogP contribution in [-0.2, 0) is 6.54 Å². The Morgan fingerprint density at radius 1 is 0.923 bits per heavy atom. The van der Waals surface area contributed by atoms with E-state index < -0.39 is 0 Å². The quantitative estimate of drug-likeness (QED) is 0.738. The number of methoxy groups -OCH3 is 3. The van der Waals surface area contributed by atoms with E-state index in [1.165, 1.54) is 0 Å². The number of para-hydroxylation sites is 1. The largest absolute Gasteiger partial charge is 0.496 e. The predicted molar refractivity (Wildman–Crippen MR) is 99.0 cm³/mol. The van der Waals surface area contributed by atoms with E-state index in [4.69, 9.17) is 14.2 Å². The topological polar surface area (TPSA) is 69.7 Å². The molecule has 3 aromatic rings. The summed E-state index contributed by atoms with van der Waals surface area (Å²) in [5, 5.41) is 3.86. The SMILES string of the molecule is COc1cc(OC)c(OC)cc1CNC(=O)c1ccc2ccccc2n1. The van der Waals surface area contributed by atoms with Gasteiger partial charge >= 0.3 is 0 Å². The second-order valence-corrected chi connectivity index (χ2v) is 5.59. The number of pyridine rings is 1. The molecule has 0 atom stereocenters. The van der Waals surface area contributed by atoms with Crippen molar-refractivity contribution < 1.29 is 19.0 Å². The highest BCUT2D eigenvalue weighted by atomic mass is 16.5. The fourth-order valence-corrected chi connectivity index (χ4v) is 2.69. The molecule has 3 rings (SSSR count). The summed E-state index contributed by atoms with van der Waals surface area (Å²) in [6.45, 7) is 0.275. The molecule has 0 saturated carbocycles. The molecule has 0 unspecified atom stereocenters. The number of amides is 1. The molecule has 6 heteroatoms. The summed E-state index contributed by atoms with van der Waals surface area (Å²) in [5.41, 5.74) is 1.92. The van der Waals surface area contributed by atoms with Crippen LogP contribution in [0.2, 0.25) is 0 Å². The maximum atomic E-state index is 12.5. The van der Waals surface area contributed by atoms with Crippen LogP contribution in [0.3, 0.4) is 0 Å². The Balaban J connectivity index is 1.79. The smallest absolute Gasteiger partial charge is 0.270 e. The lowest BCUT2D eigenvalue weighted by Crippen LogP contribution is -2.24. The molecule has 0 bridgehead atoms. The number of hydrogen-bond acceptors (Lipinski definition) is 5. The molecule has 0 aliphatic heterocycles. The van der Waals surface area contributed by atoms with Gasteiger partial charge in [-0.05, 0) is 18.2 Å². The van der Waals surface area contributed by atoms with E-state index in [1.807, 2.05) is 30.3 Å². The maximum absolute atomic E-state index is 12.5. The normalized spacial score (nSPS) is 10.4. The van der Waals surface area contributed by atoms with Crippen LogP contribution in [-0.4, -0.2) is 32.2 Å². The van der Waals surface area contributed by atoms with Crippen molar-refractivity contribution in [2.45, 2.75) is 6.54 Å². The molecule has 0 fully saturated rings. The Morgan fingerprint density at radius 2 is 1.62 bits per heavy atom. The molecule has 6 nitrogen and oxygen atoms in total. The molecule has 0 saturated heterocycles. The molecule has 0 spiro atoms. The van der Waals surface area contributed by atoms with Crippen LogP contribution >= 0.6 is 0 Å². The van der Waals surface area contributed by atoms with Crippen LogP contribution in [0.15, 0.2) is 48.5 Å². The number of fused-ring (bicyclic) bond motifs is 1. The van der Waals surface area contributed by atoms with Gasteiger partial charge in [-0.15, -0.1) is 0 Å². The number of ether oxygens (including phenoxy) is 3. The lowest BCUT2D eigenvalue weighted by atomic mass is 10.1. The number of aromatic nitrogens is 1. The van der Waals surface area contributed by atoms with Gasteiger partial charge in [0.15, 0.2) is 11.5 Å². The van der Waals surface area contributed by atoms with E-state index in [2.05, 4.69) is 10.3 Å². The number of nitrogens with one attached hydrogen (secondary N) is 1. The van der Waals surface area contributed by atoms with Crippen LogP contribution < -0.4 is 19.5 Å². The minimum absolute atomic E-state index is 0.257. The number of rotatable bonds is 6. The van der Waals surface area contributed by atoms with Gasteiger partial charge in [0.1, 0.15) is 11.4 Å². The highest BCUT2D eigenvalue weighted by molar-refractivity contribution is 5.94. The third-order valence-electron chi connectivity index (χ3n) is 4.06. The van der Waals surface area contributed by atoms with Gasteiger partial charge in [-0.1, -0.05) is 24.3 Å². The first-order valence-electron chi connectivity index (χ1n) is 8.09. The van der Waals surface area contributed by atoms with Crippen molar-refractivity contribution in [1.82, 2.24) is 10.3 Å². The molecule has 26 heavy (non-hydrogen) atoms. The fraction of sp³-hybridized carbons (Fsp3) is 0.200. The van der Waals surface area contributed by atoms with Crippen LogP contribution in [0, 0.1) is 0 Å². The van der Waals surface area contributed by atoms with E-state index in [0.29, 0.717) is 22.9 Å². The summed E-state index contributed by atoms with van der Waals surface area (Å²) in [5.74, 6) is 1.49. The molecule has 134 valence electrons. The highest BCUT2D eigenvalue weighted by Gasteiger charge is 2.14. The van der Waals surface area contributed by atoms with Crippen molar-refractivity contribution in [1.29, 1.82) is 0 Å². The molecular weight excluding hydrogens is 332 g/mol. The lowest BCUT2D eigenvalue weighted by molar-refractivity contribution is 0.0946. The molecule has 2 aromatic carbocycles. The van der Waals surface area contributed by atoms with Crippen molar-refractivity contribution in [3.05, 3.63) is 59.8 Å². The molecule has 1 amide bonds. The van der Waals surface area contributed by atoms with Gasteiger partial charge in [0.2, 0.25) is 0 Å². The first-order valence-corrected chi connectivity index (χ1v) is 8.09. The number of carbonyl (C=O) groups is 1. The van der Waals surface area contributed by atoms with Crippen LogP contribution in [0.1, 0.15) is 16.1 Å². The molecule has 1 aromatic heterocycles. The summed E-state index contributed by atoms with van der Waals surface area (Å²) in [6.07, 6.45) is 0. The summed E-state index contributed by atoms with van der Waals surface area (Å²) in [4.78, 5) is 16.9. The van der Waals surface area contributed by atoms with Crippen molar-refractivity contribution in [3.63, 3.8) is 0 Å². The molecule has 0 aliphatic carbocycles. The van der Waals surface area contributed by atoms with Crippen LogP contribution in [0.5, 0.6) is 17.2 Å². The second-order valence-electron chi connectivity index (χ2n) is 5.59. The Labute approximate surface area is 151 Å². The van der Waals surface area contributed by atoms with E-state index in [1.54, 1.807) is 39.5 Å². The fourth-order valence-electron chi connectivity index (χ4n) is 2.69. The van der Waals surface area contributed by atoms with Crippen LogP contribution in [0.4, 0.5) is 0 Å². The first kappa shape index (κ1) is 17.5. The van der Waals surface area contributed by atoms with Crippen molar-refractivity contribution in [2.24, 2.45) is 0 Å². The monoisotopic (exact) mass is 352 g/mol. The highest BCUT2D eigenvalue weighted by Crippen LogP contribution is 2.34. The van der Waals surface area contributed by atoms with E-state index in [9.17, 15) is 4.79 Å². The summed E-state index contributed by atoms with van der Waals surface area (Å²) < 4.78 is 16.0. The first-order chi connectivity index (χ1) is 12.7. The number of carbonyl (C=O) groups excluding carboxylic acids is 1. The van der Waals surface area contributed by atoms with Crippen LogP contribution in [0.25, 0.3) is 10.9 Å². The number of nitrogens with zero attached hydrogens (tertiary/aromatic N) is 1. The minimum atomic E-state index is -0.257. The van der Waals surface area contributed by atoms with Crippen molar-refractivity contribution in [3.8, 4) is 17.2 Å². The Kier molecular flexibility index (Phi) is 5.22. The zero-order valence-electron chi connectivity index (χ0n) is 14.9. The average molecular weight is 352 g/mol. The van der Waals surface area contributed by atoms with Crippen molar-refractivity contribution >= 4 is 16.8 Å². The lowest BCUT2D eigenvalue weighted by Gasteiger charge is -2.14. The van der Waals surface area contributed by atoms with Gasteiger partial charge in [0.25, 0.3) is 5.91 Å². The van der Waals surface area contributed by atoms with Crippen molar-refractivity contribution in [2.75, 3.05) is 21.3 Å². The number of benzene rings is 2.